The summed E-state index contributed by atoms with van der Waals surface area (Å²) >= 11 is 6.23. The molecule has 0 unspecified atom stereocenters. The lowest BCUT2D eigenvalue weighted by Gasteiger charge is -2.10. The molecule has 11 heteroatoms. The molecule has 1 aromatic carbocycles. The molecule has 1 heterocycles. The highest BCUT2D eigenvalue weighted by molar-refractivity contribution is 6.31. The molecule has 1 saturated carbocycles. The number of halogens is 3. The largest absolute Gasteiger partial charge is 0.463 e. The summed E-state index contributed by atoms with van der Waals surface area (Å²) in [6, 6.07) is 4.33. The molecule has 156 valence electrons. The van der Waals surface area contributed by atoms with Crippen LogP contribution in [0.4, 0.5) is 14.5 Å². The topological polar surface area (TPSA) is 112 Å². The first-order valence-electron chi connectivity index (χ1n) is 8.64. The van der Waals surface area contributed by atoms with Crippen LogP contribution in [0.3, 0.4) is 0 Å². The third-order valence-electron chi connectivity index (χ3n) is 4.05. The average Bonchev–Trinajstić information content (AvgIpc) is 3.46. The molecule has 8 nitrogen and oxygen atoms in total. The molecule has 1 amide bonds. The van der Waals surface area contributed by atoms with Crippen molar-refractivity contribution in [2.45, 2.75) is 25.0 Å². The van der Waals surface area contributed by atoms with E-state index in [9.17, 15) is 13.6 Å². The number of alkyl halides is 2. The highest BCUT2D eigenvalue weighted by atomic mass is 35.5. The molecule has 2 atom stereocenters. The fraction of sp³-hybridized carbons (Fsp3) is 0.263. The molecule has 0 aliphatic heterocycles. The van der Waals surface area contributed by atoms with Gasteiger partial charge in [-0.3, -0.25) is 4.79 Å². The second kappa shape index (κ2) is 9.37. The zero-order valence-corrected chi connectivity index (χ0v) is 16.1. The Labute approximate surface area is 175 Å². The van der Waals surface area contributed by atoms with Crippen molar-refractivity contribution in [3.05, 3.63) is 46.9 Å². The van der Waals surface area contributed by atoms with E-state index in [0.717, 1.165) is 0 Å². The predicted octanol–water partition coefficient (Wildman–Crippen LogP) is 2.80. The van der Waals surface area contributed by atoms with Gasteiger partial charge in [0.1, 0.15) is 11.8 Å². The number of aromatic nitrogens is 2. The highest BCUT2D eigenvalue weighted by Crippen LogP contribution is 2.46. The minimum absolute atomic E-state index is 0.0410. The van der Waals surface area contributed by atoms with Crippen molar-refractivity contribution < 1.29 is 23.0 Å². The van der Waals surface area contributed by atoms with Crippen LogP contribution in [-0.4, -0.2) is 41.2 Å². The van der Waals surface area contributed by atoms with Gasteiger partial charge < -0.3 is 20.5 Å². The third-order valence-corrected chi connectivity index (χ3v) is 4.39. The van der Waals surface area contributed by atoms with Crippen LogP contribution in [0.25, 0.3) is 0 Å². The van der Waals surface area contributed by atoms with Crippen molar-refractivity contribution in [2.24, 2.45) is 10.7 Å². The lowest BCUT2D eigenvalue weighted by atomic mass is 10.1. The van der Waals surface area contributed by atoms with E-state index >= 15 is 0 Å². The van der Waals surface area contributed by atoms with Gasteiger partial charge in [-0.15, -0.1) is 6.42 Å². The summed E-state index contributed by atoms with van der Waals surface area (Å²) in [6.07, 6.45) is 7.75. The number of hydrogen-bond donors (Lipinski definition) is 2. The lowest BCUT2D eigenvalue weighted by Crippen LogP contribution is -2.19. The van der Waals surface area contributed by atoms with E-state index in [-0.39, 0.29) is 24.1 Å². The van der Waals surface area contributed by atoms with Gasteiger partial charge in [0.05, 0.1) is 12.4 Å². The number of ether oxygens (including phenoxy) is 2. The third kappa shape index (κ3) is 5.55. The van der Waals surface area contributed by atoms with E-state index in [1.165, 1.54) is 12.4 Å². The van der Waals surface area contributed by atoms with E-state index in [2.05, 4.69) is 26.2 Å². The minimum Gasteiger partial charge on any atom is -0.463 e. The van der Waals surface area contributed by atoms with Crippen molar-refractivity contribution in [1.82, 2.24) is 9.97 Å². The number of aliphatic imine (C=N–C) groups is 1. The average molecular weight is 436 g/mol. The van der Waals surface area contributed by atoms with E-state index in [1.54, 1.807) is 18.2 Å². The second-order valence-corrected chi connectivity index (χ2v) is 6.57. The number of carbonyl (C=O) groups is 1. The number of nitrogens with one attached hydrogen (secondary N) is 1. The molecular formula is C19H16ClF2N5O3. The van der Waals surface area contributed by atoms with E-state index in [0.29, 0.717) is 22.7 Å². The number of hydrogen-bond acceptors (Lipinski definition) is 6. The van der Waals surface area contributed by atoms with E-state index < -0.39 is 24.6 Å². The Kier molecular flexibility index (Phi) is 6.64. The quantitative estimate of drug-likeness (QED) is 0.299. The predicted molar refractivity (Wildman–Crippen MR) is 106 cm³/mol. The standard InChI is InChI=1S/C19H16ClF2N5O3/c1-2-5-29-16-9-24-14(8-25-16)17(28)26-10-3-4-13(20)11(6-10)12-7-15(12)30-19(23)27-18(21)22/h1,3-4,6,8-9,12,15,18H,5,7H2,(H2,23,27)(H,26,28)/t12-,15-/m1/s1. The molecule has 1 aliphatic rings. The van der Waals surface area contributed by atoms with Crippen LogP contribution >= 0.6 is 11.6 Å². The van der Waals surface area contributed by atoms with Crippen LogP contribution < -0.4 is 15.8 Å². The SMILES string of the molecule is C#CCOc1cnc(C(=O)Nc2ccc(Cl)c([C@H]3C[C@H]3O/C(N)=N\C(F)F)c2)cn1. The molecule has 1 aliphatic carbocycles. The number of amidine groups is 1. The first kappa shape index (κ1) is 21.3. The molecule has 1 aromatic heterocycles. The number of carbonyl (C=O) groups excluding carboxylic acids is 1. The van der Waals surface area contributed by atoms with E-state index in [4.69, 9.17) is 33.2 Å². The highest BCUT2D eigenvalue weighted by Gasteiger charge is 2.42. The normalized spacial score (nSPS) is 17.9. The van der Waals surface area contributed by atoms with E-state index in [1.807, 2.05) is 0 Å². The van der Waals surface area contributed by atoms with Crippen LogP contribution in [0.2, 0.25) is 5.02 Å². The summed E-state index contributed by atoms with van der Waals surface area (Å²) in [6.45, 7) is -2.90. The summed E-state index contributed by atoms with van der Waals surface area (Å²) in [4.78, 5) is 23.2. The monoisotopic (exact) mass is 435 g/mol. The Morgan fingerprint density at radius 1 is 1.43 bits per heavy atom. The molecule has 0 spiro atoms. The first-order valence-corrected chi connectivity index (χ1v) is 9.02. The Morgan fingerprint density at radius 3 is 2.90 bits per heavy atom. The van der Waals surface area contributed by atoms with Crippen molar-refractivity contribution >= 4 is 29.2 Å². The summed E-state index contributed by atoms with van der Waals surface area (Å²) in [5, 5.41) is 3.14. The van der Waals surface area contributed by atoms with Gasteiger partial charge in [0.25, 0.3) is 11.9 Å². The van der Waals surface area contributed by atoms with Crippen molar-refractivity contribution in [2.75, 3.05) is 11.9 Å². The Morgan fingerprint density at radius 2 is 2.23 bits per heavy atom. The first-order chi connectivity index (χ1) is 14.4. The van der Waals surface area contributed by atoms with Crippen molar-refractivity contribution in [1.29, 1.82) is 0 Å². The number of anilines is 1. The summed E-state index contributed by atoms with van der Waals surface area (Å²) in [7, 11) is 0. The van der Waals surface area contributed by atoms with Gasteiger partial charge >= 0.3 is 6.55 Å². The summed E-state index contributed by atoms with van der Waals surface area (Å²) in [5.74, 6) is 1.85. The molecule has 1 fully saturated rings. The van der Waals surface area contributed by atoms with Gasteiger partial charge in [-0.2, -0.15) is 13.8 Å². The van der Waals surface area contributed by atoms with Gasteiger partial charge in [-0.05, 0) is 30.2 Å². The number of nitrogens with zero attached hydrogens (tertiary/aromatic N) is 3. The molecule has 3 N–H and O–H groups in total. The van der Waals surface area contributed by atoms with Gasteiger partial charge in [0.2, 0.25) is 5.88 Å². The van der Waals surface area contributed by atoms with Gasteiger partial charge in [-0.1, -0.05) is 17.5 Å². The number of benzene rings is 1. The molecule has 30 heavy (non-hydrogen) atoms. The molecule has 2 aromatic rings. The fourth-order valence-corrected chi connectivity index (χ4v) is 2.89. The molecule has 0 bridgehead atoms. The molecule has 0 saturated heterocycles. The van der Waals surface area contributed by atoms with Gasteiger partial charge in [0, 0.05) is 16.6 Å². The Hall–Kier alpha value is -3.45. The molecule has 0 radical (unpaired) electrons. The molecule has 3 rings (SSSR count). The van der Waals surface area contributed by atoms with Gasteiger partial charge in [-0.25, -0.2) is 9.97 Å². The smallest absolute Gasteiger partial charge is 0.336 e. The summed E-state index contributed by atoms with van der Waals surface area (Å²) in [5.41, 5.74) is 6.55. The lowest BCUT2D eigenvalue weighted by molar-refractivity contribution is 0.102. The number of terminal acetylenes is 1. The number of nitrogens with two attached hydrogens (primary N) is 1. The summed E-state index contributed by atoms with van der Waals surface area (Å²) < 4.78 is 34.7. The van der Waals surface area contributed by atoms with Crippen LogP contribution in [0.5, 0.6) is 5.88 Å². The van der Waals surface area contributed by atoms with Crippen molar-refractivity contribution in [3.63, 3.8) is 0 Å². The maximum atomic E-state index is 12.4. The zero-order valence-electron chi connectivity index (χ0n) is 15.4. The van der Waals surface area contributed by atoms with Crippen LogP contribution in [0, 0.1) is 12.3 Å². The maximum Gasteiger partial charge on any atom is 0.336 e. The van der Waals surface area contributed by atoms with Gasteiger partial charge in [0.15, 0.2) is 6.61 Å². The van der Waals surface area contributed by atoms with Crippen LogP contribution in [0.15, 0.2) is 35.6 Å². The fourth-order valence-electron chi connectivity index (χ4n) is 2.64. The Balaban J connectivity index is 1.64. The van der Waals surface area contributed by atoms with Crippen molar-refractivity contribution in [3.8, 4) is 18.2 Å². The maximum absolute atomic E-state index is 12.4. The minimum atomic E-state index is -2.94. The number of rotatable bonds is 7. The van der Waals surface area contributed by atoms with Crippen LogP contribution in [0.1, 0.15) is 28.4 Å². The second-order valence-electron chi connectivity index (χ2n) is 6.17. The number of amides is 1. The Bertz CT molecular complexity index is 995. The zero-order chi connectivity index (χ0) is 21.7. The molecular weight excluding hydrogens is 420 g/mol. The van der Waals surface area contributed by atoms with Crippen LogP contribution in [-0.2, 0) is 4.74 Å².